The van der Waals surface area contributed by atoms with Crippen molar-refractivity contribution in [2.45, 2.75) is 84.7 Å². The first-order valence-corrected chi connectivity index (χ1v) is 13.7. The molecule has 3 nitrogen and oxygen atoms in total. The lowest BCUT2D eigenvalue weighted by molar-refractivity contribution is 0.107. The summed E-state index contributed by atoms with van der Waals surface area (Å²) >= 11 is 0. The second kappa shape index (κ2) is 11.6. The summed E-state index contributed by atoms with van der Waals surface area (Å²) in [7, 11) is 0. The Labute approximate surface area is 208 Å². The molecule has 2 atom stereocenters. The summed E-state index contributed by atoms with van der Waals surface area (Å²) in [6.45, 7) is 18.2. The molecule has 1 aromatic rings. The SMILES string of the molecule is C=C(c1ccccc1/N=C(\C)C1=CCC2CCCCC2=C1)C(C)N1CCC(N(CC)CC)CC1. The van der Waals surface area contributed by atoms with Crippen LogP contribution in [0.15, 0.2) is 59.1 Å². The molecule has 1 saturated carbocycles. The quantitative estimate of drug-likeness (QED) is 0.376. The molecule has 1 aliphatic heterocycles. The minimum Gasteiger partial charge on any atom is -0.301 e. The van der Waals surface area contributed by atoms with Crippen molar-refractivity contribution < 1.29 is 0 Å². The van der Waals surface area contributed by atoms with Crippen molar-refractivity contribution in [2.75, 3.05) is 26.2 Å². The largest absolute Gasteiger partial charge is 0.301 e. The van der Waals surface area contributed by atoms with E-state index in [1.54, 1.807) is 5.57 Å². The zero-order valence-corrected chi connectivity index (χ0v) is 22.0. The molecule has 0 N–H and O–H groups in total. The molecule has 0 radical (unpaired) electrons. The molecule has 2 unspecified atom stereocenters. The molecule has 3 heteroatoms. The third-order valence-electron chi connectivity index (χ3n) is 8.59. The van der Waals surface area contributed by atoms with E-state index in [4.69, 9.17) is 4.99 Å². The second-order valence-corrected chi connectivity index (χ2v) is 10.5. The van der Waals surface area contributed by atoms with Gasteiger partial charge < -0.3 is 4.90 Å². The van der Waals surface area contributed by atoms with Gasteiger partial charge in [-0.2, -0.15) is 0 Å². The average Bonchev–Trinajstić information content (AvgIpc) is 2.89. The monoisotopic (exact) mass is 459 g/mol. The minimum atomic E-state index is 0.327. The number of piperidine rings is 1. The van der Waals surface area contributed by atoms with Gasteiger partial charge in [-0.05, 0) is 88.6 Å². The van der Waals surface area contributed by atoms with E-state index in [9.17, 15) is 0 Å². The van der Waals surface area contributed by atoms with Crippen molar-refractivity contribution in [3.8, 4) is 0 Å². The van der Waals surface area contributed by atoms with Crippen molar-refractivity contribution in [1.29, 1.82) is 0 Å². The highest BCUT2D eigenvalue weighted by molar-refractivity contribution is 6.03. The van der Waals surface area contributed by atoms with Gasteiger partial charge in [-0.15, -0.1) is 0 Å². The van der Waals surface area contributed by atoms with Crippen LogP contribution in [0.5, 0.6) is 0 Å². The maximum atomic E-state index is 5.14. The standard InChI is InChI=1S/C31H45N3/c1-6-33(7-2)29-18-20-34(21-19-29)25(5)23(3)30-14-10-11-15-31(30)32-24(4)27-17-16-26-12-8-9-13-28(26)22-27/h10-11,14-15,17,22,25-26,29H,3,6-9,12-13,16,18-21H2,1-2,4-5H3/b32-24+. The van der Waals surface area contributed by atoms with Crippen LogP contribution in [0.4, 0.5) is 5.69 Å². The van der Waals surface area contributed by atoms with Crippen LogP contribution in [0.1, 0.15) is 78.2 Å². The second-order valence-electron chi connectivity index (χ2n) is 10.5. The number of rotatable bonds is 8. The molecule has 0 spiro atoms. The third kappa shape index (κ3) is 5.63. The summed E-state index contributed by atoms with van der Waals surface area (Å²) in [6.07, 6.45) is 13.9. The lowest BCUT2D eigenvalue weighted by Crippen LogP contribution is -2.47. The molecule has 184 valence electrons. The lowest BCUT2D eigenvalue weighted by atomic mass is 9.78. The topological polar surface area (TPSA) is 18.8 Å². The van der Waals surface area contributed by atoms with Crippen LogP contribution in [0.3, 0.4) is 0 Å². The predicted molar refractivity (Wildman–Crippen MR) is 148 cm³/mol. The van der Waals surface area contributed by atoms with Crippen molar-refractivity contribution in [3.63, 3.8) is 0 Å². The Morgan fingerprint density at radius 3 is 2.59 bits per heavy atom. The van der Waals surface area contributed by atoms with E-state index in [0.717, 1.165) is 49.5 Å². The van der Waals surface area contributed by atoms with Gasteiger partial charge in [0.2, 0.25) is 0 Å². The summed E-state index contributed by atoms with van der Waals surface area (Å²) in [5, 5.41) is 0. The molecule has 0 bridgehead atoms. The van der Waals surface area contributed by atoms with E-state index >= 15 is 0 Å². The van der Waals surface area contributed by atoms with E-state index in [0.29, 0.717) is 6.04 Å². The van der Waals surface area contributed by atoms with E-state index < -0.39 is 0 Å². The molecule has 2 aliphatic carbocycles. The molecular formula is C31H45N3. The highest BCUT2D eigenvalue weighted by Gasteiger charge is 2.27. The first-order chi connectivity index (χ1) is 16.5. The van der Waals surface area contributed by atoms with Crippen LogP contribution in [0, 0.1) is 5.92 Å². The number of allylic oxidation sites excluding steroid dienone is 4. The molecule has 0 aromatic heterocycles. The fourth-order valence-corrected chi connectivity index (χ4v) is 6.26. The zero-order chi connectivity index (χ0) is 24.1. The average molecular weight is 460 g/mol. The fourth-order valence-electron chi connectivity index (χ4n) is 6.26. The van der Waals surface area contributed by atoms with Gasteiger partial charge in [-0.3, -0.25) is 9.89 Å². The number of benzene rings is 1. The summed E-state index contributed by atoms with van der Waals surface area (Å²) in [5.74, 6) is 0.782. The van der Waals surface area contributed by atoms with Gasteiger partial charge in [-0.1, -0.05) is 62.8 Å². The first-order valence-electron chi connectivity index (χ1n) is 13.7. The Balaban J connectivity index is 1.46. The van der Waals surface area contributed by atoms with Crippen molar-refractivity contribution >= 4 is 17.0 Å². The van der Waals surface area contributed by atoms with Gasteiger partial charge in [0, 0.05) is 36.4 Å². The van der Waals surface area contributed by atoms with Gasteiger partial charge in [-0.25, -0.2) is 0 Å². The predicted octanol–water partition coefficient (Wildman–Crippen LogP) is 7.43. The number of hydrogen-bond acceptors (Lipinski definition) is 3. The normalized spacial score (nSPS) is 23.3. The number of fused-ring (bicyclic) bond motifs is 1. The molecule has 1 saturated heterocycles. The molecular weight excluding hydrogens is 414 g/mol. The number of hydrogen-bond donors (Lipinski definition) is 0. The Kier molecular flexibility index (Phi) is 8.60. The Bertz CT molecular complexity index is 941. The number of likely N-dealkylation sites (tertiary alicyclic amines) is 1. The van der Waals surface area contributed by atoms with Gasteiger partial charge in [0.1, 0.15) is 0 Å². The highest BCUT2D eigenvalue weighted by Crippen LogP contribution is 2.37. The maximum Gasteiger partial charge on any atom is 0.0708 e. The van der Waals surface area contributed by atoms with E-state index in [1.165, 1.54) is 61.7 Å². The molecule has 1 aromatic carbocycles. The van der Waals surface area contributed by atoms with Crippen molar-refractivity contribution in [2.24, 2.45) is 10.9 Å². The zero-order valence-electron chi connectivity index (χ0n) is 22.0. The summed E-state index contributed by atoms with van der Waals surface area (Å²) in [6, 6.07) is 9.65. The number of para-hydroxylation sites is 1. The molecule has 2 fully saturated rings. The van der Waals surface area contributed by atoms with Crippen molar-refractivity contribution in [1.82, 2.24) is 9.80 Å². The molecule has 1 heterocycles. The van der Waals surface area contributed by atoms with Crippen LogP contribution < -0.4 is 0 Å². The van der Waals surface area contributed by atoms with Crippen LogP contribution >= 0.6 is 0 Å². The number of nitrogens with zero attached hydrogens (tertiary/aromatic N) is 3. The van der Waals surface area contributed by atoms with E-state index in [2.05, 4.69) is 80.5 Å². The van der Waals surface area contributed by atoms with Gasteiger partial charge in [0.25, 0.3) is 0 Å². The first kappa shape index (κ1) is 25.1. The summed E-state index contributed by atoms with van der Waals surface area (Å²) < 4.78 is 0. The van der Waals surface area contributed by atoms with E-state index in [-0.39, 0.29) is 0 Å². The molecule has 3 aliphatic rings. The Hall–Kier alpha value is -1.97. The third-order valence-corrected chi connectivity index (χ3v) is 8.59. The lowest BCUT2D eigenvalue weighted by Gasteiger charge is -2.40. The minimum absolute atomic E-state index is 0.327. The van der Waals surface area contributed by atoms with Crippen molar-refractivity contribution in [3.05, 3.63) is 59.7 Å². The Morgan fingerprint density at radius 1 is 1.12 bits per heavy atom. The van der Waals surface area contributed by atoms with Crippen LogP contribution in [0.25, 0.3) is 5.57 Å². The van der Waals surface area contributed by atoms with Crippen LogP contribution in [-0.4, -0.2) is 53.8 Å². The van der Waals surface area contributed by atoms with Gasteiger partial charge in [0.15, 0.2) is 0 Å². The van der Waals surface area contributed by atoms with Crippen LogP contribution in [-0.2, 0) is 0 Å². The smallest absolute Gasteiger partial charge is 0.0708 e. The summed E-state index contributed by atoms with van der Waals surface area (Å²) in [5.41, 5.74) is 7.54. The van der Waals surface area contributed by atoms with Gasteiger partial charge in [0.05, 0.1) is 5.69 Å². The highest BCUT2D eigenvalue weighted by atomic mass is 15.2. The Morgan fingerprint density at radius 2 is 1.85 bits per heavy atom. The van der Waals surface area contributed by atoms with Crippen LogP contribution in [0.2, 0.25) is 0 Å². The summed E-state index contributed by atoms with van der Waals surface area (Å²) in [4.78, 5) is 10.4. The maximum absolute atomic E-state index is 5.14. The molecule has 0 amide bonds. The molecule has 34 heavy (non-hydrogen) atoms. The fraction of sp³-hybridized carbons (Fsp3) is 0.581. The van der Waals surface area contributed by atoms with E-state index in [1.807, 2.05) is 0 Å². The molecule has 4 rings (SSSR count). The number of aliphatic imine (C=N–C) groups is 1. The van der Waals surface area contributed by atoms with Gasteiger partial charge >= 0.3 is 0 Å².